The normalized spacial score (nSPS) is 11.1. The number of nitrogens with zero attached hydrogens (tertiary/aromatic N) is 3. The van der Waals surface area contributed by atoms with Gasteiger partial charge >= 0.3 is 6.09 Å². The van der Waals surface area contributed by atoms with Gasteiger partial charge in [0.1, 0.15) is 17.9 Å². The number of hydrogen-bond donors (Lipinski definition) is 2. The molecule has 0 fully saturated rings. The Morgan fingerprint density at radius 3 is 2.70 bits per heavy atom. The molecule has 1 aromatic carbocycles. The number of carbonyl (C=O) groups excluding carboxylic acids is 1. The molecule has 1 amide bonds. The molecule has 0 spiro atoms. The van der Waals surface area contributed by atoms with E-state index >= 15 is 0 Å². The molecule has 2 aromatic heterocycles. The van der Waals surface area contributed by atoms with Crippen LogP contribution in [0.4, 0.5) is 4.79 Å². The second-order valence-electron chi connectivity index (χ2n) is 5.92. The van der Waals surface area contributed by atoms with E-state index in [9.17, 15) is 4.79 Å². The number of para-hydroxylation sites is 1. The fraction of sp³-hybridized carbons (Fsp3) is 0.316. The SMILES string of the molecule is CCN(CC)CCOc1ccc(-c2nc3c(OC(N)=O)cccc3[nH]2)cn1. The molecule has 3 aromatic rings. The van der Waals surface area contributed by atoms with E-state index in [1.54, 1.807) is 18.3 Å². The first-order chi connectivity index (χ1) is 13.1. The lowest BCUT2D eigenvalue weighted by Crippen LogP contribution is -2.28. The van der Waals surface area contributed by atoms with Crippen molar-refractivity contribution in [2.45, 2.75) is 13.8 Å². The lowest BCUT2D eigenvalue weighted by atomic mass is 10.3. The van der Waals surface area contributed by atoms with Crippen molar-refractivity contribution in [1.29, 1.82) is 0 Å². The van der Waals surface area contributed by atoms with Gasteiger partial charge in [-0.3, -0.25) is 0 Å². The third-order valence-electron chi connectivity index (χ3n) is 4.25. The minimum atomic E-state index is -0.875. The van der Waals surface area contributed by atoms with Crippen LogP contribution in [0, 0.1) is 0 Å². The molecule has 142 valence electrons. The van der Waals surface area contributed by atoms with E-state index in [2.05, 4.69) is 33.7 Å². The first-order valence-corrected chi connectivity index (χ1v) is 8.88. The molecule has 8 heteroatoms. The number of rotatable bonds is 8. The van der Waals surface area contributed by atoms with Crippen molar-refractivity contribution in [3.05, 3.63) is 36.5 Å². The van der Waals surface area contributed by atoms with Gasteiger partial charge in [0.15, 0.2) is 5.75 Å². The van der Waals surface area contributed by atoms with Crippen molar-refractivity contribution in [3.63, 3.8) is 0 Å². The highest BCUT2D eigenvalue weighted by Gasteiger charge is 2.12. The highest BCUT2D eigenvalue weighted by Crippen LogP contribution is 2.27. The summed E-state index contributed by atoms with van der Waals surface area (Å²) in [5, 5.41) is 0. The number of ether oxygens (including phenoxy) is 2. The Bertz CT molecular complexity index is 903. The van der Waals surface area contributed by atoms with Crippen molar-refractivity contribution in [2.75, 3.05) is 26.2 Å². The number of aromatic nitrogens is 3. The highest BCUT2D eigenvalue weighted by atomic mass is 16.5. The smallest absolute Gasteiger partial charge is 0.410 e. The van der Waals surface area contributed by atoms with Gasteiger partial charge in [-0.05, 0) is 31.3 Å². The number of aromatic amines is 1. The number of likely N-dealkylation sites (N-methyl/N-ethyl adjacent to an activating group) is 1. The van der Waals surface area contributed by atoms with E-state index in [-0.39, 0.29) is 0 Å². The minimum absolute atomic E-state index is 0.312. The summed E-state index contributed by atoms with van der Waals surface area (Å²) in [6.07, 6.45) is 0.818. The predicted molar refractivity (Wildman–Crippen MR) is 103 cm³/mol. The van der Waals surface area contributed by atoms with Gasteiger partial charge < -0.3 is 25.1 Å². The molecule has 27 heavy (non-hydrogen) atoms. The third-order valence-corrected chi connectivity index (χ3v) is 4.25. The predicted octanol–water partition coefficient (Wildman–Crippen LogP) is 2.80. The molecule has 3 rings (SSSR count). The van der Waals surface area contributed by atoms with Gasteiger partial charge in [0.2, 0.25) is 5.88 Å². The van der Waals surface area contributed by atoms with Crippen molar-refractivity contribution in [2.24, 2.45) is 5.73 Å². The van der Waals surface area contributed by atoms with Crippen LogP contribution in [0.2, 0.25) is 0 Å². The van der Waals surface area contributed by atoms with E-state index in [0.717, 1.165) is 30.7 Å². The maximum atomic E-state index is 11.0. The summed E-state index contributed by atoms with van der Waals surface area (Å²) < 4.78 is 10.7. The standard InChI is InChI=1S/C19H23N5O3/c1-3-24(4-2)10-11-26-16-9-8-13(12-21-16)18-22-14-6-5-7-15(17(14)23-18)27-19(20)25/h5-9,12H,3-4,10-11H2,1-2H3,(H2,20,25)(H,22,23). The molecule has 0 saturated carbocycles. The van der Waals surface area contributed by atoms with Crippen LogP contribution in [-0.4, -0.2) is 52.2 Å². The number of hydrogen-bond acceptors (Lipinski definition) is 6. The van der Waals surface area contributed by atoms with Gasteiger partial charge in [-0.15, -0.1) is 0 Å². The van der Waals surface area contributed by atoms with Crippen molar-refractivity contribution in [1.82, 2.24) is 19.9 Å². The average Bonchev–Trinajstić information content (AvgIpc) is 3.11. The summed E-state index contributed by atoms with van der Waals surface area (Å²) in [4.78, 5) is 25.3. The number of nitrogens with one attached hydrogen (secondary N) is 1. The van der Waals surface area contributed by atoms with E-state index in [1.165, 1.54) is 0 Å². The molecule has 8 nitrogen and oxygen atoms in total. The molecule has 0 aliphatic rings. The number of benzene rings is 1. The number of imidazole rings is 1. The third kappa shape index (κ3) is 4.53. The van der Waals surface area contributed by atoms with Gasteiger partial charge in [-0.1, -0.05) is 19.9 Å². The van der Waals surface area contributed by atoms with Crippen LogP contribution >= 0.6 is 0 Å². The number of pyridine rings is 1. The van der Waals surface area contributed by atoms with Crippen molar-refractivity contribution >= 4 is 17.1 Å². The lowest BCUT2D eigenvalue weighted by molar-refractivity contribution is 0.211. The van der Waals surface area contributed by atoms with Gasteiger partial charge in [0.25, 0.3) is 0 Å². The zero-order valence-corrected chi connectivity index (χ0v) is 15.4. The van der Waals surface area contributed by atoms with Crippen molar-refractivity contribution < 1.29 is 14.3 Å². The fourth-order valence-corrected chi connectivity index (χ4v) is 2.76. The van der Waals surface area contributed by atoms with Crippen LogP contribution in [-0.2, 0) is 0 Å². The van der Waals surface area contributed by atoms with Gasteiger partial charge in [0.05, 0.1) is 5.52 Å². The van der Waals surface area contributed by atoms with E-state index < -0.39 is 6.09 Å². The summed E-state index contributed by atoms with van der Waals surface area (Å²) in [6.45, 7) is 7.71. The highest BCUT2D eigenvalue weighted by molar-refractivity contribution is 5.86. The molecular weight excluding hydrogens is 346 g/mol. The van der Waals surface area contributed by atoms with Crippen LogP contribution in [0.3, 0.4) is 0 Å². The topological polar surface area (TPSA) is 106 Å². The van der Waals surface area contributed by atoms with Gasteiger partial charge in [0, 0.05) is 24.4 Å². The Hall–Kier alpha value is -3.13. The summed E-state index contributed by atoms with van der Waals surface area (Å²) in [7, 11) is 0. The second-order valence-corrected chi connectivity index (χ2v) is 5.92. The van der Waals surface area contributed by atoms with E-state index in [4.69, 9.17) is 15.2 Å². The van der Waals surface area contributed by atoms with Crippen LogP contribution in [0.15, 0.2) is 36.5 Å². The Balaban J connectivity index is 1.72. The van der Waals surface area contributed by atoms with Crippen LogP contribution < -0.4 is 15.2 Å². The van der Waals surface area contributed by atoms with Crippen LogP contribution in [0.1, 0.15) is 13.8 Å². The maximum Gasteiger partial charge on any atom is 0.410 e. The first kappa shape index (κ1) is 18.7. The zero-order chi connectivity index (χ0) is 19.2. The molecule has 0 aliphatic carbocycles. The average molecular weight is 369 g/mol. The quantitative estimate of drug-likeness (QED) is 0.632. The molecule has 0 bridgehead atoms. The number of H-pyrrole nitrogens is 1. The summed E-state index contributed by atoms with van der Waals surface area (Å²) in [6, 6.07) is 8.94. The van der Waals surface area contributed by atoms with E-state index in [0.29, 0.717) is 29.6 Å². The Morgan fingerprint density at radius 1 is 1.22 bits per heavy atom. The van der Waals surface area contributed by atoms with Crippen LogP contribution in [0.25, 0.3) is 22.4 Å². The molecule has 0 radical (unpaired) electrons. The first-order valence-electron chi connectivity index (χ1n) is 8.88. The van der Waals surface area contributed by atoms with E-state index in [1.807, 2.05) is 18.2 Å². The lowest BCUT2D eigenvalue weighted by Gasteiger charge is -2.17. The Morgan fingerprint density at radius 2 is 2.04 bits per heavy atom. The van der Waals surface area contributed by atoms with Gasteiger partial charge in [-0.25, -0.2) is 14.8 Å². The number of carbonyl (C=O) groups is 1. The Kier molecular flexibility index (Phi) is 5.87. The molecule has 0 saturated heterocycles. The molecule has 2 heterocycles. The molecule has 3 N–H and O–H groups in total. The number of primary amides is 1. The number of fused-ring (bicyclic) bond motifs is 1. The largest absolute Gasteiger partial charge is 0.476 e. The Labute approximate surface area is 157 Å². The number of amides is 1. The second kappa shape index (κ2) is 8.50. The monoisotopic (exact) mass is 369 g/mol. The fourth-order valence-electron chi connectivity index (χ4n) is 2.76. The molecule has 0 atom stereocenters. The molecule has 0 aliphatic heterocycles. The molecular formula is C19H23N5O3. The summed E-state index contributed by atoms with van der Waals surface area (Å²) in [5.74, 6) is 1.50. The minimum Gasteiger partial charge on any atom is -0.476 e. The van der Waals surface area contributed by atoms with Gasteiger partial charge in [-0.2, -0.15) is 0 Å². The molecule has 0 unspecified atom stereocenters. The van der Waals surface area contributed by atoms with Crippen molar-refractivity contribution in [3.8, 4) is 23.0 Å². The van der Waals surface area contributed by atoms with Crippen LogP contribution in [0.5, 0.6) is 11.6 Å². The summed E-state index contributed by atoms with van der Waals surface area (Å²) in [5.41, 5.74) is 7.17. The number of nitrogens with two attached hydrogens (primary N) is 1. The maximum absolute atomic E-state index is 11.0. The zero-order valence-electron chi connectivity index (χ0n) is 15.4. The summed E-state index contributed by atoms with van der Waals surface area (Å²) >= 11 is 0.